The molecule has 1 amide bonds. The van der Waals surface area contributed by atoms with Gasteiger partial charge in [0.2, 0.25) is 0 Å². The molecule has 0 aliphatic carbocycles. The van der Waals surface area contributed by atoms with Gasteiger partial charge in [-0.05, 0) is 38.1 Å². The SMILES string of the molecule is Cc1cc(C)cc(C(=O)OCC(=O)Nc2ccc3c(c2)OC(F)(F)O3)c1. The number of esters is 1. The van der Waals surface area contributed by atoms with Crippen molar-refractivity contribution in [1.82, 2.24) is 0 Å². The molecule has 0 unspecified atom stereocenters. The molecule has 136 valence electrons. The van der Waals surface area contributed by atoms with Crippen molar-refractivity contribution in [1.29, 1.82) is 0 Å². The summed E-state index contributed by atoms with van der Waals surface area (Å²) in [5, 5.41) is 2.43. The lowest BCUT2D eigenvalue weighted by molar-refractivity contribution is -0.286. The van der Waals surface area contributed by atoms with Crippen LogP contribution in [-0.2, 0) is 9.53 Å². The number of rotatable bonds is 4. The first-order valence-electron chi connectivity index (χ1n) is 7.67. The Labute approximate surface area is 147 Å². The zero-order chi connectivity index (χ0) is 18.9. The lowest BCUT2D eigenvalue weighted by Crippen LogP contribution is -2.25. The van der Waals surface area contributed by atoms with Gasteiger partial charge in [-0.3, -0.25) is 4.79 Å². The van der Waals surface area contributed by atoms with Gasteiger partial charge in [-0.2, -0.15) is 0 Å². The lowest BCUT2D eigenvalue weighted by Gasteiger charge is -2.08. The van der Waals surface area contributed by atoms with Gasteiger partial charge in [-0.25, -0.2) is 4.79 Å². The summed E-state index contributed by atoms with van der Waals surface area (Å²) < 4.78 is 39.5. The largest absolute Gasteiger partial charge is 0.586 e. The van der Waals surface area contributed by atoms with Crippen LogP contribution in [0.15, 0.2) is 36.4 Å². The Hall–Kier alpha value is -3.16. The highest BCUT2D eigenvalue weighted by atomic mass is 19.3. The third kappa shape index (κ3) is 4.08. The second kappa shape index (κ2) is 6.62. The van der Waals surface area contributed by atoms with E-state index >= 15 is 0 Å². The number of benzene rings is 2. The second-order valence-electron chi connectivity index (χ2n) is 5.83. The molecule has 2 aromatic carbocycles. The predicted octanol–water partition coefficient (Wildman–Crippen LogP) is 3.42. The minimum absolute atomic E-state index is 0.130. The molecular weight excluding hydrogens is 348 g/mol. The zero-order valence-electron chi connectivity index (χ0n) is 14.0. The predicted molar refractivity (Wildman–Crippen MR) is 87.5 cm³/mol. The zero-order valence-corrected chi connectivity index (χ0v) is 14.0. The van der Waals surface area contributed by atoms with Crippen molar-refractivity contribution in [3.05, 3.63) is 53.1 Å². The molecule has 0 spiro atoms. The fourth-order valence-electron chi connectivity index (χ4n) is 2.53. The van der Waals surface area contributed by atoms with E-state index in [1.165, 1.54) is 18.2 Å². The average Bonchev–Trinajstić information content (AvgIpc) is 2.84. The van der Waals surface area contributed by atoms with Crippen LogP contribution >= 0.6 is 0 Å². The van der Waals surface area contributed by atoms with Gasteiger partial charge in [-0.1, -0.05) is 17.2 Å². The molecule has 1 heterocycles. The van der Waals surface area contributed by atoms with Gasteiger partial charge < -0.3 is 19.5 Å². The Balaban J connectivity index is 1.57. The van der Waals surface area contributed by atoms with Crippen molar-refractivity contribution in [2.45, 2.75) is 20.1 Å². The lowest BCUT2D eigenvalue weighted by atomic mass is 10.1. The average molecular weight is 363 g/mol. The van der Waals surface area contributed by atoms with E-state index in [2.05, 4.69) is 14.8 Å². The van der Waals surface area contributed by atoms with Gasteiger partial charge in [0.1, 0.15) is 0 Å². The van der Waals surface area contributed by atoms with Crippen molar-refractivity contribution in [2.24, 2.45) is 0 Å². The Bertz CT molecular complexity index is 862. The normalized spacial score (nSPS) is 14.0. The molecule has 6 nitrogen and oxygen atoms in total. The molecule has 0 atom stereocenters. The first kappa shape index (κ1) is 17.7. The molecule has 0 fully saturated rings. The number of carbonyl (C=O) groups excluding carboxylic acids is 2. The summed E-state index contributed by atoms with van der Waals surface area (Å²) in [4.78, 5) is 23.9. The molecule has 0 saturated carbocycles. The number of aryl methyl sites for hydroxylation is 2. The van der Waals surface area contributed by atoms with Crippen molar-refractivity contribution in [3.8, 4) is 11.5 Å². The maximum Gasteiger partial charge on any atom is 0.586 e. The van der Waals surface area contributed by atoms with Crippen LogP contribution in [0.3, 0.4) is 0 Å². The number of hydrogen-bond acceptors (Lipinski definition) is 5. The summed E-state index contributed by atoms with van der Waals surface area (Å²) in [6.07, 6.45) is -3.73. The topological polar surface area (TPSA) is 73.9 Å². The fraction of sp³-hybridized carbons (Fsp3) is 0.222. The van der Waals surface area contributed by atoms with Gasteiger partial charge in [0, 0.05) is 11.8 Å². The Morgan fingerprint density at radius 1 is 1.04 bits per heavy atom. The first-order chi connectivity index (χ1) is 12.2. The molecule has 1 aliphatic heterocycles. The van der Waals surface area contributed by atoms with E-state index in [0.29, 0.717) is 5.56 Å². The highest BCUT2D eigenvalue weighted by Gasteiger charge is 2.43. The Kier molecular flexibility index (Phi) is 4.50. The summed E-state index contributed by atoms with van der Waals surface area (Å²) in [5.74, 6) is -1.57. The summed E-state index contributed by atoms with van der Waals surface area (Å²) >= 11 is 0. The number of alkyl halides is 2. The van der Waals surface area contributed by atoms with Gasteiger partial charge in [0.05, 0.1) is 5.56 Å². The van der Waals surface area contributed by atoms with Crippen molar-refractivity contribution < 1.29 is 32.6 Å². The van der Waals surface area contributed by atoms with E-state index in [4.69, 9.17) is 4.74 Å². The molecule has 1 aliphatic rings. The van der Waals surface area contributed by atoms with Crippen LogP contribution in [0, 0.1) is 13.8 Å². The number of fused-ring (bicyclic) bond motifs is 1. The molecule has 0 radical (unpaired) electrons. The van der Waals surface area contributed by atoms with Crippen LogP contribution < -0.4 is 14.8 Å². The molecule has 1 N–H and O–H groups in total. The number of ether oxygens (including phenoxy) is 3. The highest BCUT2D eigenvalue weighted by Crippen LogP contribution is 2.42. The smallest absolute Gasteiger partial charge is 0.452 e. The number of amides is 1. The number of halogens is 2. The van der Waals surface area contributed by atoms with Gasteiger partial charge in [0.15, 0.2) is 18.1 Å². The molecule has 0 aromatic heterocycles. The third-order valence-corrected chi connectivity index (χ3v) is 3.48. The van der Waals surface area contributed by atoms with Gasteiger partial charge in [0.25, 0.3) is 5.91 Å². The Morgan fingerprint density at radius 3 is 2.38 bits per heavy atom. The maximum atomic E-state index is 13.0. The summed E-state index contributed by atoms with van der Waals surface area (Å²) in [6.45, 7) is 3.18. The standard InChI is InChI=1S/C18H15F2NO5/c1-10-5-11(2)7-12(6-10)17(23)24-9-16(22)21-13-3-4-14-15(8-13)26-18(19,20)25-14/h3-8H,9H2,1-2H3,(H,21,22). The van der Waals surface area contributed by atoms with Crippen LogP contribution in [0.1, 0.15) is 21.5 Å². The van der Waals surface area contributed by atoms with Crippen LogP contribution in [0.2, 0.25) is 0 Å². The van der Waals surface area contributed by atoms with E-state index < -0.39 is 24.8 Å². The van der Waals surface area contributed by atoms with E-state index in [1.54, 1.807) is 12.1 Å². The van der Waals surface area contributed by atoms with Crippen molar-refractivity contribution in [3.63, 3.8) is 0 Å². The van der Waals surface area contributed by atoms with E-state index in [9.17, 15) is 18.4 Å². The summed E-state index contributed by atoms with van der Waals surface area (Å²) in [7, 11) is 0. The highest BCUT2D eigenvalue weighted by molar-refractivity contribution is 5.95. The molecular formula is C18H15F2NO5. The maximum absolute atomic E-state index is 13.0. The molecule has 0 saturated heterocycles. The number of nitrogens with one attached hydrogen (secondary N) is 1. The third-order valence-electron chi connectivity index (χ3n) is 3.48. The van der Waals surface area contributed by atoms with Crippen molar-refractivity contribution >= 4 is 17.6 Å². The van der Waals surface area contributed by atoms with Gasteiger partial charge in [-0.15, -0.1) is 8.78 Å². The quantitative estimate of drug-likeness (QED) is 0.843. The number of carbonyl (C=O) groups is 2. The molecule has 2 aromatic rings. The van der Waals surface area contributed by atoms with Crippen LogP contribution in [0.4, 0.5) is 14.5 Å². The minimum Gasteiger partial charge on any atom is -0.452 e. The second-order valence-corrected chi connectivity index (χ2v) is 5.83. The number of hydrogen-bond donors (Lipinski definition) is 1. The monoisotopic (exact) mass is 363 g/mol. The van der Waals surface area contributed by atoms with Crippen LogP contribution in [0.5, 0.6) is 11.5 Å². The van der Waals surface area contributed by atoms with E-state index in [0.717, 1.165) is 11.1 Å². The molecule has 26 heavy (non-hydrogen) atoms. The van der Waals surface area contributed by atoms with E-state index in [1.807, 2.05) is 19.9 Å². The van der Waals surface area contributed by atoms with Gasteiger partial charge >= 0.3 is 12.3 Å². The first-order valence-corrected chi connectivity index (χ1v) is 7.67. The summed E-state index contributed by atoms with van der Waals surface area (Å²) in [5.41, 5.74) is 2.36. The van der Waals surface area contributed by atoms with E-state index in [-0.39, 0.29) is 17.2 Å². The minimum atomic E-state index is -3.73. The molecule has 3 rings (SSSR count). The molecule has 8 heteroatoms. The number of anilines is 1. The van der Waals surface area contributed by atoms with Crippen LogP contribution in [0.25, 0.3) is 0 Å². The van der Waals surface area contributed by atoms with Crippen molar-refractivity contribution in [2.75, 3.05) is 11.9 Å². The Morgan fingerprint density at radius 2 is 1.69 bits per heavy atom. The molecule has 0 bridgehead atoms. The van der Waals surface area contributed by atoms with Crippen LogP contribution in [-0.4, -0.2) is 24.8 Å². The summed E-state index contributed by atoms with van der Waals surface area (Å²) in [6, 6.07) is 9.03. The fourth-order valence-corrected chi connectivity index (χ4v) is 2.53.